The van der Waals surface area contributed by atoms with Crippen molar-refractivity contribution in [3.63, 3.8) is 0 Å². The summed E-state index contributed by atoms with van der Waals surface area (Å²) in [5, 5.41) is 3.25. The summed E-state index contributed by atoms with van der Waals surface area (Å²) in [5.74, 6) is -1.77. The van der Waals surface area contributed by atoms with Crippen LogP contribution < -0.4 is 10.2 Å². The molecule has 0 aliphatic heterocycles. The van der Waals surface area contributed by atoms with Gasteiger partial charge in [-0.15, -0.1) is 0 Å². The van der Waals surface area contributed by atoms with Crippen molar-refractivity contribution in [1.82, 2.24) is 5.32 Å². The highest BCUT2D eigenvalue weighted by Gasteiger charge is 2.21. The molecule has 0 atom stereocenters. The number of anilines is 1. The van der Waals surface area contributed by atoms with Crippen molar-refractivity contribution in [3.05, 3.63) is 88.8 Å². The zero-order valence-corrected chi connectivity index (χ0v) is 16.7. The Morgan fingerprint density at radius 2 is 1.83 bits per heavy atom. The molecule has 8 heteroatoms. The number of carbonyl (C=O) groups is 2. The van der Waals surface area contributed by atoms with E-state index in [1.165, 1.54) is 17.2 Å². The van der Waals surface area contributed by atoms with E-state index in [4.69, 9.17) is 16.0 Å². The fourth-order valence-electron chi connectivity index (χ4n) is 2.85. The topological polar surface area (TPSA) is 62.6 Å². The van der Waals surface area contributed by atoms with Crippen LogP contribution in [0.15, 0.2) is 65.3 Å². The van der Waals surface area contributed by atoms with Crippen molar-refractivity contribution in [2.24, 2.45) is 0 Å². The predicted octanol–water partition coefficient (Wildman–Crippen LogP) is 4.95. The maximum absolute atomic E-state index is 14.3. The number of carbonyl (C=O) groups excluding carboxylic acids is 2. The minimum atomic E-state index is -0.842. The van der Waals surface area contributed by atoms with Gasteiger partial charge in [-0.3, -0.25) is 9.59 Å². The number of furan rings is 1. The van der Waals surface area contributed by atoms with Crippen LogP contribution in [0.3, 0.4) is 0 Å². The molecule has 1 aromatic heterocycles. The van der Waals surface area contributed by atoms with Crippen molar-refractivity contribution >= 4 is 29.1 Å². The molecule has 1 heterocycles. The lowest BCUT2D eigenvalue weighted by Gasteiger charge is -2.22. The first-order chi connectivity index (χ1) is 14.4. The van der Waals surface area contributed by atoms with Crippen LogP contribution in [0.5, 0.6) is 0 Å². The number of hydrogen-bond donors (Lipinski definition) is 1. The van der Waals surface area contributed by atoms with Gasteiger partial charge in [0, 0.05) is 29.6 Å². The van der Waals surface area contributed by atoms with Crippen molar-refractivity contribution in [3.8, 4) is 0 Å². The molecule has 0 spiro atoms. The molecule has 2 aromatic carbocycles. The third-order valence-corrected chi connectivity index (χ3v) is 4.61. The molecule has 0 radical (unpaired) electrons. The van der Waals surface area contributed by atoms with Gasteiger partial charge in [0.25, 0.3) is 5.91 Å². The fourth-order valence-corrected chi connectivity index (χ4v) is 2.97. The van der Waals surface area contributed by atoms with Crippen molar-refractivity contribution < 1.29 is 22.8 Å². The standard InChI is InChI=1S/C22H19ClF2N2O3/c23-16-7-5-15(6-8-16)22(29)26-11-1-4-21(28)27(14-18-3-2-12-30-18)20-10-9-17(24)13-19(20)25/h2-3,5-10,12-13H,1,4,11,14H2,(H,26,29). The molecular weight excluding hydrogens is 414 g/mol. The summed E-state index contributed by atoms with van der Waals surface area (Å²) in [6.07, 6.45) is 1.85. The molecule has 0 saturated heterocycles. The van der Waals surface area contributed by atoms with Crippen LogP contribution in [0.25, 0.3) is 0 Å². The Kier molecular flexibility index (Phi) is 7.19. The molecule has 0 fully saturated rings. The largest absolute Gasteiger partial charge is 0.467 e. The fraction of sp³-hybridized carbons (Fsp3) is 0.182. The summed E-state index contributed by atoms with van der Waals surface area (Å²) >= 11 is 5.80. The number of hydrogen-bond acceptors (Lipinski definition) is 3. The van der Waals surface area contributed by atoms with E-state index in [2.05, 4.69) is 5.32 Å². The van der Waals surface area contributed by atoms with Gasteiger partial charge in [0.1, 0.15) is 17.4 Å². The van der Waals surface area contributed by atoms with Crippen LogP contribution in [0.1, 0.15) is 29.0 Å². The van der Waals surface area contributed by atoms with E-state index in [0.717, 1.165) is 12.1 Å². The molecular formula is C22H19ClF2N2O3. The Hall–Kier alpha value is -3.19. The lowest BCUT2D eigenvalue weighted by atomic mass is 10.2. The van der Waals surface area contributed by atoms with Crippen molar-refractivity contribution in [1.29, 1.82) is 0 Å². The van der Waals surface area contributed by atoms with E-state index in [1.807, 2.05) is 0 Å². The maximum Gasteiger partial charge on any atom is 0.251 e. The Morgan fingerprint density at radius 3 is 2.50 bits per heavy atom. The first-order valence-electron chi connectivity index (χ1n) is 9.25. The lowest BCUT2D eigenvalue weighted by molar-refractivity contribution is -0.118. The molecule has 2 amide bonds. The summed E-state index contributed by atoms with van der Waals surface area (Å²) in [7, 11) is 0. The smallest absolute Gasteiger partial charge is 0.251 e. The predicted molar refractivity (Wildman–Crippen MR) is 109 cm³/mol. The van der Waals surface area contributed by atoms with E-state index < -0.39 is 11.6 Å². The Labute approximate surface area is 177 Å². The lowest BCUT2D eigenvalue weighted by Crippen LogP contribution is -2.32. The summed E-state index contributed by atoms with van der Waals surface area (Å²) < 4.78 is 32.8. The summed E-state index contributed by atoms with van der Waals surface area (Å²) in [5.41, 5.74) is 0.418. The monoisotopic (exact) mass is 432 g/mol. The molecule has 3 aromatic rings. The highest BCUT2D eigenvalue weighted by molar-refractivity contribution is 6.30. The van der Waals surface area contributed by atoms with Gasteiger partial charge in [0.05, 0.1) is 18.5 Å². The molecule has 0 aliphatic carbocycles. The van der Waals surface area contributed by atoms with Gasteiger partial charge in [-0.25, -0.2) is 8.78 Å². The highest BCUT2D eigenvalue weighted by atomic mass is 35.5. The van der Waals surface area contributed by atoms with Crippen molar-refractivity contribution in [2.45, 2.75) is 19.4 Å². The molecule has 0 unspecified atom stereocenters. The third kappa shape index (κ3) is 5.67. The SMILES string of the molecule is O=C(NCCCC(=O)N(Cc1ccco1)c1ccc(F)cc1F)c1ccc(Cl)cc1. The molecule has 1 N–H and O–H groups in total. The van der Waals surface area contributed by atoms with Gasteiger partial charge in [-0.05, 0) is 55.0 Å². The molecule has 156 valence electrons. The van der Waals surface area contributed by atoms with Crippen LogP contribution in [0.2, 0.25) is 5.02 Å². The quantitative estimate of drug-likeness (QED) is 0.512. The van der Waals surface area contributed by atoms with Gasteiger partial charge in [0.15, 0.2) is 0 Å². The van der Waals surface area contributed by atoms with Gasteiger partial charge in [0.2, 0.25) is 5.91 Å². The van der Waals surface area contributed by atoms with E-state index in [-0.39, 0.29) is 37.0 Å². The Balaban J connectivity index is 1.60. The minimum absolute atomic E-state index is 0.00548. The number of benzene rings is 2. The second kappa shape index (κ2) is 10.0. The van der Waals surface area contributed by atoms with Crippen LogP contribution in [0, 0.1) is 11.6 Å². The van der Waals surface area contributed by atoms with E-state index in [0.29, 0.717) is 22.8 Å². The second-order valence-corrected chi connectivity index (χ2v) is 6.96. The Morgan fingerprint density at radius 1 is 1.07 bits per heavy atom. The van der Waals surface area contributed by atoms with E-state index in [9.17, 15) is 18.4 Å². The van der Waals surface area contributed by atoms with Gasteiger partial charge in [-0.1, -0.05) is 11.6 Å². The van der Waals surface area contributed by atoms with Crippen LogP contribution in [-0.2, 0) is 11.3 Å². The average molecular weight is 433 g/mol. The maximum atomic E-state index is 14.3. The van der Waals surface area contributed by atoms with Gasteiger partial charge in [-0.2, -0.15) is 0 Å². The average Bonchev–Trinajstić information content (AvgIpc) is 3.23. The highest BCUT2D eigenvalue weighted by Crippen LogP contribution is 2.23. The first kappa shape index (κ1) is 21.5. The molecule has 0 saturated carbocycles. The first-order valence-corrected chi connectivity index (χ1v) is 9.63. The van der Waals surface area contributed by atoms with Crippen LogP contribution >= 0.6 is 11.6 Å². The van der Waals surface area contributed by atoms with Crippen LogP contribution in [-0.4, -0.2) is 18.4 Å². The van der Waals surface area contributed by atoms with Crippen LogP contribution in [0.4, 0.5) is 14.5 Å². The molecule has 3 rings (SSSR count). The van der Waals surface area contributed by atoms with Gasteiger partial charge < -0.3 is 14.6 Å². The zero-order valence-electron chi connectivity index (χ0n) is 15.9. The summed E-state index contributed by atoms with van der Waals surface area (Å²) in [6, 6.07) is 12.8. The van der Waals surface area contributed by atoms with E-state index >= 15 is 0 Å². The normalized spacial score (nSPS) is 10.6. The number of amides is 2. The minimum Gasteiger partial charge on any atom is -0.467 e. The second-order valence-electron chi connectivity index (χ2n) is 6.52. The zero-order chi connectivity index (χ0) is 21.5. The summed E-state index contributed by atoms with van der Waals surface area (Å²) in [4.78, 5) is 26.1. The van der Waals surface area contributed by atoms with E-state index in [1.54, 1.807) is 36.4 Å². The number of rotatable bonds is 8. The summed E-state index contributed by atoms with van der Waals surface area (Å²) in [6.45, 7) is 0.263. The number of halogens is 3. The molecule has 0 aliphatic rings. The third-order valence-electron chi connectivity index (χ3n) is 4.36. The molecule has 30 heavy (non-hydrogen) atoms. The molecule has 5 nitrogen and oxygen atoms in total. The Bertz CT molecular complexity index is 1010. The number of nitrogens with zero attached hydrogens (tertiary/aromatic N) is 1. The number of nitrogens with one attached hydrogen (secondary N) is 1. The van der Waals surface area contributed by atoms with Gasteiger partial charge >= 0.3 is 0 Å². The molecule has 0 bridgehead atoms. The van der Waals surface area contributed by atoms with Crippen molar-refractivity contribution in [2.75, 3.05) is 11.4 Å².